The summed E-state index contributed by atoms with van der Waals surface area (Å²) in [5.41, 5.74) is 0. The van der Waals surface area contributed by atoms with Crippen LogP contribution in [0.2, 0.25) is 0 Å². The molecule has 0 bridgehead atoms. The van der Waals surface area contributed by atoms with Gasteiger partial charge in [0, 0.05) is 25.1 Å². The van der Waals surface area contributed by atoms with Crippen molar-refractivity contribution in [3.63, 3.8) is 0 Å². The molecule has 3 rings (SSSR count). The highest BCUT2D eigenvalue weighted by Gasteiger charge is 2.39. The van der Waals surface area contributed by atoms with E-state index in [1.807, 2.05) is 7.11 Å². The first-order chi connectivity index (χ1) is 10.3. The first-order valence-corrected chi connectivity index (χ1v) is 9.26. The number of rotatable bonds is 3. The smallest absolute Gasteiger partial charge is 0.0586 e. The van der Waals surface area contributed by atoms with Crippen molar-refractivity contribution >= 4 is 0 Å². The van der Waals surface area contributed by atoms with Crippen LogP contribution >= 0.6 is 0 Å². The molecule has 5 unspecified atom stereocenters. The Morgan fingerprint density at radius 2 is 1.71 bits per heavy atom. The van der Waals surface area contributed by atoms with Crippen molar-refractivity contribution in [2.75, 3.05) is 13.7 Å². The van der Waals surface area contributed by atoms with Crippen LogP contribution in [0.5, 0.6) is 0 Å². The molecule has 2 aliphatic carbocycles. The Labute approximate surface area is 130 Å². The van der Waals surface area contributed by atoms with Gasteiger partial charge in [0.15, 0.2) is 0 Å². The Kier molecular flexibility index (Phi) is 5.58. The van der Waals surface area contributed by atoms with E-state index in [0.29, 0.717) is 24.1 Å². The second-order valence-corrected chi connectivity index (χ2v) is 7.49. The summed E-state index contributed by atoms with van der Waals surface area (Å²) in [6.45, 7) is 1.25. The van der Waals surface area contributed by atoms with Gasteiger partial charge in [0.05, 0.1) is 12.2 Å². The van der Waals surface area contributed by atoms with Crippen molar-refractivity contribution in [1.29, 1.82) is 0 Å². The molecule has 5 atom stereocenters. The maximum Gasteiger partial charge on any atom is 0.0586 e. The van der Waals surface area contributed by atoms with E-state index in [0.717, 1.165) is 6.42 Å². The van der Waals surface area contributed by atoms with Crippen molar-refractivity contribution in [2.45, 2.75) is 94.9 Å². The van der Waals surface area contributed by atoms with Crippen LogP contribution in [0.1, 0.15) is 70.6 Å². The minimum absolute atomic E-state index is 0.0498. The van der Waals surface area contributed by atoms with Gasteiger partial charge >= 0.3 is 0 Å². The lowest BCUT2D eigenvalue weighted by Crippen LogP contribution is -2.54. The fourth-order valence-corrected chi connectivity index (χ4v) is 5.12. The van der Waals surface area contributed by atoms with E-state index in [4.69, 9.17) is 4.74 Å². The Bertz CT molecular complexity index is 322. The van der Waals surface area contributed by atoms with Crippen LogP contribution in [0.4, 0.5) is 0 Å². The number of methoxy groups -OCH3 is 1. The summed E-state index contributed by atoms with van der Waals surface area (Å²) >= 11 is 0. The van der Waals surface area contributed by atoms with E-state index < -0.39 is 0 Å². The molecule has 1 N–H and O–H groups in total. The standard InChI is InChI=1S/C18H33NO2/c1-21-15-8-6-7-14(13-15)19-12-5-4-10-17(19)16-9-2-3-11-18(16)20/h14-18,20H,2-13H2,1H3. The number of piperidine rings is 1. The summed E-state index contributed by atoms with van der Waals surface area (Å²) in [5.74, 6) is 0.530. The topological polar surface area (TPSA) is 32.7 Å². The van der Waals surface area contributed by atoms with Crippen molar-refractivity contribution in [3.05, 3.63) is 0 Å². The van der Waals surface area contributed by atoms with Crippen LogP contribution in [0.3, 0.4) is 0 Å². The van der Waals surface area contributed by atoms with E-state index in [1.165, 1.54) is 70.8 Å². The summed E-state index contributed by atoms with van der Waals surface area (Å²) in [6.07, 6.45) is 14.3. The van der Waals surface area contributed by atoms with Crippen LogP contribution in [0.25, 0.3) is 0 Å². The molecule has 2 saturated carbocycles. The van der Waals surface area contributed by atoms with Gasteiger partial charge in [-0.05, 0) is 57.9 Å². The van der Waals surface area contributed by atoms with Gasteiger partial charge in [-0.15, -0.1) is 0 Å². The van der Waals surface area contributed by atoms with E-state index in [1.54, 1.807) is 0 Å². The molecule has 1 heterocycles. The third kappa shape index (κ3) is 3.62. The average Bonchev–Trinajstić information content (AvgIpc) is 2.55. The summed E-state index contributed by atoms with van der Waals surface area (Å²) in [7, 11) is 1.87. The molecule has 0 radical (unpaired) electrons. The number of likely N-dealkylation sites (tertiary alicyclic amines) is 1. The third-order valence-corrected chi connectivity index (χ3v) is 6.27. The molecule has 1 aliphatic heterocycles. The van der Waals surface area contributed by atoms with Crippen LogP contribution in [0, 0.1) is 5.92 Å². The molecule has 0 aromatic heterocycles. The molecule has 3 fully saturated rings. The highest BCUT2D eigenvalue weighted by Crippen LogP contribution is 2.37. The van der Waals surface area contributed by atoms with E-state index in [9.17, 15) is 5.11 Å². The zero-order chi connectivity index (χ0) is 14.7. The molecule has 1 saturated heterocycles. The fourth-order valence-electron chi connectivity index (χ4n) is 5.12. The molecule has 0 aromatic rings. The zero-order valence-corrected chi connectivity index (χ0v) is 13.7. The summed E-state index contributed by atoms with van der Waals surface area (Å²) in [4.78, 5) is 2.79. The van der Waals surface area contributed by atoms with Gasteiger partial charge in [-0.1, -0.05) is 19.3 Å². The minimum Gasteiger partial charge on any atom is -0.393 e. The molecular formula is C18H33NO2. The van der Waals surface area contributed by atoms with Gasteiger partial charge < -0.3 is 9.84 Å². The van der Waals surface area contributed by atoms with Gasteiger partial charge in [-0.25, -0.2) is 0 Å². The highest BCUT2D eigenvalue weighted by molar-refractivity contribution is 4.93. The molecule has 3 aliphatic rings. The first-order valence-electron chi connectivity index (χ1n) is 9.26. The number of hydrogen-bond donors (Lipinski definition) is 1. The molecule has 0 aromatic carbocycles. The number of aliphatic hydroxyl groups excluding tert-OH is 1. The maximum atomic E-state index is 10.5. The van der Waals surface area contributed by atoms with Crippen LogP contribution in [-0.4, -0.2) is 48.0 Å². The van der Waals surface area contributed by atoms with Gasteiger partial charge in [-0.2, -0.15) is 0 Å². The van der Waals surface area contributed by atoms with E-state index in [-0.39, 0.29) is 6.10 Å². The lowest BCUT2D eigenvalue weighted by molar-refractivity contribution is -0.0453. The molecule has 0 amide bonds. The highest BCUT2D eigenvalue weighted by atomic mass is 16.5. The second-order valence-electron chi connectivity index (χ2n) is 7.49. The van der Waals surface area contributed by atoms with Crippen LogP contribution in [0.15, 0.2) is 0 Å². The lowest BCUT2D eigenvalue weighted by Gasteiger charge is -2.48. The van der Waals surface area contributed by atoms with Crippen molar-refractivity contribution < 1.29 is 9.84 Å². The number of ether oxygens (including phenoxy) is 1. The predicted octanol–water partition coefficient (Wildman–Crippen LogP) is 3.35. The Morgan fingerprint density at radius 3 is 2.52 bits per heavy atom. The van der Waals surface area contributed by atoms with Gasteiger partial charge in [-0.3, -0.25) is 4.90 Å². The zero-order valence-electron chi connectivity index (χ0n) is 13.7. The lowest BCUT2D eigenvalue weighted by atomic mass is 9.76. The Hall–Kier alpha value is -0.120. The molecule has 0 spiro atoms. The fraction of sp³-hybridized carbons (Fsp3) is 1.00. The normalized spacial score (nSPS) is 42.9. The average molecular weight is 295 g/mol. The molecule has 3 heteroatoms. The first kappa shape index (κ1) is 15.8. The second kappa shape index (κ2) is 7.43. The Morgan fingerprint density at radius 1 is 0.905 bits per heavy atom. The van der Waals surface area contributed by atoms with Gasteiger partial charge in [0.2, 0.25) is 0 Å². The van der Waals surface area contributed by atoms with Crippen molar-refractivity contribution in [3.8, 4) is 0 Å². The number of nitrogens with zero attached hydrogens (tertiary/aromatic N) is 1. The van der Waals surface area contributed by atoms with Gasteiger partial charge in [0.1, 0.15) is 0 Å². The monoisotopic (exact) mass is 295 g/mol. The maximum absolute atomic E-state index is 10.5. The van der Waals surface area contributed by atoms with Gasteiger partial charge in [0.25, 0.3) is 0 Å². The third-order valence-electron chi connectivity index (χ3n) is 6.27. The number of hydrogen-bond acceptors (Lipinski definition) is 3. The quantitative estimate of drug-likeness (QED) is 0.866. The van der Waals surface area contributed by atoms with Crippen LogP contribution < -0.4 is 0 Å². The molecule has 122 valence electrons. The predicted molar refractivity (Wildman–Crippen MR) is 85.4 cm³/mol. The molecular weight excluding hydrogens is 262 g/mol. The molecule has 21 heavy (non-hydrogen) atoms. The number of aliphatic hydroxyl groups is 1. The molecule has 3 nitrogen and oxygen atoms in total. The van der Waals surface area contributed by atoms with Crippen molar-refractivity contribution in [1.82, 2.24) is 4.90 Å². The minimum atomic E-state index is -0.0498. The largest absolute Gasteiger partial charge is 0.393 e. The Balaban J connectivity index is 1.68. The summed E-state index contributed by atoms with van der Waals surface area (Å²) in [5, 5.41) is 10.5. The van der Waals surface area contributed by atoms with E-state index >= 15 is 0 Å². The van der Waals surface area contributed by atoms with Crippen LogP contribution in [-0.2, 0) is 4.74 Å². The SMILES string of the molecule is COC1CCCC(N2CCCCC2C2CCCCC2O)C1. The van der Waals surface area contributed by atoms with Crippen molar-refractivity contribution in [2.24, 2.45) is 5.92 Å². The summed E-state index contributed by atoms with van der Waals surface area (Å²) < 4.78 is 5.64. The van der Waals surface area contributed by atoms with E-state index in [2.05, 4.69) is 4.90 Å². The summed E-state index contributed by atoms with van der Waals surface area (Å²) in [6, 6.07) is 1.33.